The van der Waals surface area contributed by atoms with Crippen molar-refractivity contribution in [2.24, 2.45) is 0 Å². The van der Waals surface area contributed by atoms with E-state index in [1.807, 2.05) is 19.9 Å². The van der Waals surface area contributed by atoms with E-state index in [9.17, 15) is 19.7 Å². The summed E-state index contributed by atoms with van der Waals surface area (Å²) < 4.78 is 7.26. The Morgan fingerprint density at radius 1 is 1.30 bits per heavy atom. The number of aryl methyl sites for hydroxylation is 1. The summed E-state index contributed by atoms with van der Waals surface area (Å²) in [4.78, 5) is 35.7. The van der Waals surface area contributed by atoms with Gasteiger partial charge in [0.1, 0.15) is 0 Å². The molecule has 142 valence electrons. The molecule has 0 saturated heterocycles. The van der Waals surface area contributed by atoms with E-state index in [4.69, 9.17) is 4.74 Å². The number of nitro groups is 1. The molecule has 0 atom stereocenters. The van der Waals surface area contributed by atoms with Gasteiger partial charge in [-0.3, -0.25) is 14.9 Å². The Balaban J connectivity index is 1.71. The third-order valence-corrected chi connectivity index (χ3v) is 5.43. The number of aromatic nitrogens is 1. The highest BCUT2D eigenvalue weighted by Crippen LogP contribution is 2.38. The molecule has 0 bridgehead atoms. The second-order valence-corrected chi connectivity index (χ2v) is 7.38. The standard InChI is InChI=1S/C19H20N2O5S/c1-11-8-15(12(2)20(11)14-5-6-14)17(22)10-26-19(23)13-4-7-18(27-3)16(9-13)21(24)25/h4,7-9,14H,5-6,10H2,1-3H3. The number of carbonyl (C=O) groups excluding carboxylic acids is 2. The van der Waals surface area contributed by atoms with Crippen LogP contribution in [0.1, 0.15) is 51.0 Å². The summed E-state index contributed by atoms with van der Waals surface area (Å²) in [6, 6.07) is 6.43. The fourth-order valence-corrected chi connectivity index (χ4v) is 3.75. The molecule has 1 aromatic heterocycles. The lowest BCUT2D eigenvalue weighted by Gasteiger charge is -2.08. The molecule has 0 unspecified atom stereocenters. The SMILES string of the molecule is CSc1ccc(C(=O)OCC(=O)c2cc(C)n(C3CC3)c2C)cc1[N+](=O)[O-]. The van der Waals surface area contributed by atoms with Crippen molar-refractivity contribution in [3.8, 4) is 0 Å². The summed E-state index contributed by atoms with van der Waals surface area (Å²) >= 11 is 1.22. The molecule has 1 aliphatic carbocycles. The van der Waals surface area contributed by atoms with E-state index < -0.39 is 17.5 Å². The van der Waals surface area contributed by atoms with Gasteiger partial charge in [-0.05, 0) is 51.1 Å². The number of ether oxygens (including phenoxy) is 1. The molecule has 1 heterocycles. The molecule has 0 aliphatic heterocycles. The number of ketones is 1. The molecule has 1 aliphatic rings. The third kappa shape index (κ3) is 3.90. The van der Waals surface area contributed by atoms with E-state index in [-0.39, 0.29) is 17.0 Å². The predicted molar refractivity (Wildman–Crippen MR) is 102 cm³/mol. The van der Waals surface area contributed by atoms with E-state index in [1.54, 1.807) is 6.26 Å². The van der Waals surface area contributed by atoms with Gasteiger partial charge in [0, 0.05) is 29.1 Å². The highest BCUT2D eigenvalue weighted by atomic mass is 32.2. The first-order valence-corrected chi connectivity index (χ1v) is 9.77. The molecule has 1 aromatic carbocycles. The first-order valence-electron chi connectivity index (χ1n) is 8.54. The van der Waals surface area contributed by atoms with Crippen molar-refractivity contribution < 1.29 is 19.2 Å². The molecule has 1 saturated carbocycles. The van der Waals surface area contributed by atoms with E-state index in [1.165, 1.54) is 30.0 Å². The maximum atomic E-state index is 12.5. The molecule has 0 N–H and O–H groups in total. The smallest absolute Gasteiger partial charge is 0.338 e. The lowest BCUT2D eigenvalue weighted by Crippen LogP contribution is -2.15. The molecule has 7 nitrogen and oxygen atoms in total. The number of hydrogen-bond acceptors (Lipinski definition) is 6. The van der Waals surface area contributed by atoms with Crippen LogP contribution in [-0.2, 0) is 4.74 Å². The quantitative estimate of drug-likeness (QED) is 0.233. The van der Waals surface area contributed by atoms with Gasteiger partial charge in [-0.1, -0.05) is 0 Å². The van der Waals surface area contributed by atoms with Gasteiger partial charge in [-0.2, -0.15) is 0 Å². The molecule has 0 amide bonds. The van der Waals surface area contributed by atoms with Crippen LogP contribution < -0.4 is 0 Å². The van der Waals surface area contributed by atoms with Gasteiger partial charge < -0.3 is 9.30 Å². The van der Waals surface area contributed by atoms with Gasteiger partial charge in [-0.25, -0.2) is 4.79 Å². The minimum absolute atomic E-state index is 0.0516. The molecule has 8 heteroatoms. The average Bonchev–Trinajstić information content (AvgIpc) is 3.43. The number of hydrogen-bond donors (Lipinski definition) is 0. The highest BCUT2D eigenvalue weighted by molar-refractivity contribution is 7.98. The van der Waals surface area contributed by atoms with Crippen molar-refractivity contribution >= 4 is 29.2 Å². The van der Waals surface area contributed by atoms with Gasteiger partial charge in [-0.15, -0.1) is 11.8 Å². The summed E-state index contributed by atoms with van der Waals surface area (Å²) in [5.41, 5.74) is 2.35. The average molecular weight is 388 g/mol. The van der Waals surface area contributed by atoms with Crippen LogP contribution in [0.15, 0.2) is 29.2 Å². The van der Waals surface area contributed by atoms with Crippen LogP contribution in [0.3, 0.4) is 0 Å². The van der Waals surface area contributed by atoms with Crippen molar-refractivity contribution in [2.75, 3.05) is 12.9 Å². The van der Waals surface area contributed by atoms with Gasteiger partial charge in [0.25, 0.3) is 5.69 Å². The van der Waals surface area contributed by atoms with Crippen LogP contribution in [0.5, 0.6) is 0 Å². The van der Waals surface area contributed by atoms with Gasteiger partial charge >= 0.3 is 5.97 Å². The Kier molecular flexibility index (Phi) is 5.36. The van der Waals surface area contributed by atoms with Crippen LogP contribution in [0.25, 0.3) is 0 Å². The van der Waals surface area contributed by atoms with E-state index in [0.29, 0.717) is 16.5 Å². The number of nitro benzene ring substituents is 1. The third-order valence-electron chi connectivity index (χ3n) is 4.64. The van der Waals surface area contributed by atoms with Crippen molar-refractivity contribution in [3.05, 3.63) is 56.9 Å². The maximum Gasteiger partial charge on any atom is 0.338 e. The fourth-order valence-electron chi connectivity index (χ4n) is 3.21. The van der Waals surface area contributed by atoms with Crippen LogP contribution in [0, 0.1) is 24.0 Å². The lowest BCUT2D eigenvalue weighted by molar-refractivity contribution is -0.387. The van der Waals surface area contributed by atoms with Crippen molar-refractivity contribution in [3.63, 3.8) is 0 Å². The number of rotatable bonds is 7. The van der Waals surface area contributed by atoms with Gasteiger partial charge in [0.15, 0.2) is 6.61 Å². The number of Topliss-reactive ketones (excluding diaryl/α,β-unsaturated/α-hetero) is 1. The summed E-state index contributed by atoms with van der Waals surface area (Å²) in [6.45, 7) is 3.46. The Labute approximate surface area is 160 Å². The molecule has 0 spiro atoms. The number of thioether (sulfide) groups is 1. The zero-order valence-electron chi connectivity index (χ0n) is 15.4. The Morgan fingerprint density at radius 3 is 2.59 bits per heavy atom. The number of esters is 1. The summed E-state index contributed by atoms with van der Waals surface area (Å²) in [5.74, 6) is -1.03. The lowest BCUT2D eigenvalue weighted by atomic mass is 10.1. The molecule has 3 rings (SSSR count). The molecule has 27 heavy (non-hydrogen) atoms. The molecule has 0 radical (unpaired) electrons. The van der Waals surface area contributed by atoms with Crippen molar-refractivity contribution in [1.29, 1.82) is 0 Å². The first kappa shape index (κ1) is 19.2. The van der Waals surface area contributed by atoms with Crippen LogP contribution >= 0.6 is 11.8 Å². The zero-order chi connectivity index (χ0) is 19.7. The summed E-state index contributed by atoms with van der Waals surface area (Å²) in [7, 11) is 0. The minimum atomic E-state index is -0.755. The number of carbonyl (C=O) groups is 2. The number of nitrogens with zero attached hydrogens (tertiary/aromatic N) is 2. The minimum Gasteiger partial charge on any atom is -0.454 e. The number of benzene rings is 1. The van der Waals surface area contributed by atoms with Crippen molar-refractivity contribution in [1.82, 2.24) is 4.57 Å². The van der Waals surface area contributed by atoms with Crippen LogP contribution in [-0.4, -0.2) is 34.1 Å². The van der Waals surface area contributed by atoms with Crippen LogP contribution in [0.2, 0.25) is 0 Å². The Bertz CT molecular complexity index is 930. The summed E-state index contributed by atoms with van der Waals surface area (Å²) in [5, 5.41) is 11.1. The predicted octanol–water partition coefficient (Wildman–Crippen LogP) is 4.11. The highest BCUT2D eigenvalue weighted by Gasteiger charge is 2.28. The molecular weight excluding hydrogens is 368 g/mol. The van der Waals surface area contributed by atoms with E-state index in [2.05, 4.69) is 4.57 Å². The second-order valence-electron chi connectivity index (χ2n) is 6.53. The summed E-state index contributed by atoms with van der Waals surface area (Å²) in [6.07, 6.45) is 3.95. The van der Waals surface area contributed by atoms with E-state index in [0.717, 1.165) is 24.2 Å². The normalized spacial score (nSPS) is 13.4. The maximum absolute atomic E-state index is 12.5. The zero-order valence-corrected chi connectivity index (χ0v) is 16.2. The molecular formula is C19H20N2O5S. The largest absolute Gasteiger partial charge is 0.454 e. The monoisotopic (exact) mass is 388 g/mol. The molecule has 1 fully saturated rings. The van der Waals surface area contributed by atoms with Crippen molar-refractivity contribution in [2.45, 2.75) is 37.6 Å². The Hall–Kier alpha value is -2.61. The second kappa shape index (κ2) is 7.56. The van der Waals surface area contributed by atoms with E-state index >= 15 is 0 Å². The van der Waals surface area contributed by atoms with Crippen LogP contribution in [0.4, 0.5) is 5.69 Å². The fraction of sp³-hybridized carbons (Fsp3) is 0.368. The van der Waals surface area contributed by atoms with Gasteiger partial charge in [0.2, 0.25) is 5.78 Å². The first-order chi connectivity index (χ1) is 12.8. The molecule has 2 aromatic rings. The Morgan fingerprint density at radius 2 is 2.00 bits per heavy atom. The van der Waals surface area contributed by atoms with Gasteiger partial charge in [0.05, 0.1) is 15.4 Å². The topological polar surface area (TPSA) is 91.4 Å².